The average Bonchev–Trinajstić information content (AvgIpc) is 3.52. The molecule has 2 nitrogen and oxygen atoms in total. The van der Waals surface area contributed by atoms with E-state index in [1.807, 2.05) is 60.7 Å². The third-order valence-corrected chi connectivity index (χ3v) is 9.18. The van der Waals surface area contributed by atoms with Crippen LogP contribution in [0, 0.1) is 0 Å². The highest BCUT2D eigenvalue weighted by Crippen LogP contribution is 2.40. The molecule has 0 saturated carbocycles. The summed E-state index contributed by atoms with van der Waals surface area (Å²) in [6, 6.07) is 63.1. The molecule has 1 heterocycles. The van der Waals surface area contributed by atoms with Gasteiger partial charge in [0.25, 0.3) is 0 Å². The summed E-state index contributed by atoms with van der Waals surface area (Å²) in [5.74, 6) is 0. The van der Waals surface area contributed by atoms with Crippen molar-refractivity contribution in [3.8, 4) is 5.69 Å². The van der Waals surface area contributed by atoms with E-state index >= 15 is 0 Å². The van der Waals surface area contributed by atoms with E-state index in [2.05, 4.69) is 131 Å². The van der Waals surface area contributed by atoms with Crippen LogP contribution in [0.2, 0.25) is 0 Å². The second-order valence-corrected chi connectivity index (χ2v) is 12.0. The molecular weight excluding hydrogens is 581 g/mol. The number of fused-ring (bicyclic) bond motifs is 6. The first-order valence-electron chi connectivity index (χ1n) is 17.3. The summed E-state index contributed by atoms with van der Waals surface area (Å²) in [5, 5.41) is 6.67. The van der Waals surface area contributed by atoms with Crippen molar-refractivity contribution in [2.24, 2.45) is 0 Å². The summed E-state index contributed by atoms with van der Waals surface area (Å²) in [6.07, 6.45) is 0. The highest BCUT2D eigenvalue weighted by Gasteiger charge is 2.17. The molecule has 0 radical (unpaired) electrons. The summed E-state index contributed by atoms with van der Waals surface area (Å²) in [5.41, 5.74) is 7.97. The lowest BCUT2D eigenvalue weighted by Crippen LogP contribution is -2.09. The highest BCUT2D eigenvalue weighted by molar-refractivity contribution is 6.12. The number of hydrogen-bond donors (Lipinski definition) is 0. The Labute approximate surface area is 282 Å². The van der Waals surface area contributed by atoms with Gasteiger partial charge in [-0.25, -0.2) is 0 Å². The zero-order valence-corrected chi connectivity index (χ0v) is 26.2. The molecule has 0 aliphatic heterocycles. The first kappa shape index (κ1) is 25.8. The number of aromatic nitrogens is 1. The Balaban J connectivity index is 1.15. The third kappa shape index (κ3) is 4.83. The van der Waals surface area contributed by atoms with Crippen LogP contribution in [0.3, 0.4) is 0 Å². The molecule has 2 heteroatoms. The molecule has 0 spiro atoms. The maximum Gasteiger partial charge on any atom is 0.0629 e. The fourth-order valence-corrected chi connectivity index (χ4v) is 6.97. The molecule has 0 atom stereocenters. The third-order valence-electron chi connectivity index (χ3n) is 9.18. The van der Waals surface area contributed by atoms with Crippen LogP contribution >= 0.6 is 0 Å². The number of nitrogens with zero attached hydrogens (tertiary/aromatic N) is 2. The zero-order valence-electron chi connectivity index (χ0n) is 28.2. The molecule has 48 heavy (non-hydrogen) atoms. The summed E-state index contributed by atoms with van der Waals surface area (Å²) in [4.78, 5) is 2.25. The van der Waals surface area contributed by atoms with Crippen LogP contribution in [0.4, 0.5) is 17.1 Å². The molecule has 0 saturated heterocycles. The van der Waals surface area contributed by atoms with Gasteiger partial charge >= 0.3 is 0 Å². The van der Waals surface area contributed by atoms with E-state index in [0.29, 0.717) is 5.56 Å². The average molecular weight is 615 g/mol. The van der Waals surface area contributed by atoms with E-state index in [1.54, 1.807) is 0 Å². The van der Waals surface area contributed by atoms with Gasteiger partial charge in [-0.05, 0) is 99.4 Å². The quantitative estimate of drug-likeness (QED) is 0.134. The Morgan fingerprint density at radius 1 is 0.417 bits per heavy atom. The van der Waals surface area contributed by atoms with Gasteiger partial charge in [-0.3, -0.25) is 0 Å². The summed E-state index contributed by atoms with van der Waals surface area (Å²) >= 11 is 0. The van der Waals surface area contributed by atoms with E-state index in [4.69, 9.17) is 1.37 Å². The van der Waals surface area contributed by atoms with Crippen LogP contribution in [0.1, 0.15) is 13.9 Å². The number of rotatable bonds is 6. The lowest BCUT2D eigenvalue weighted by molar-refractivity contribution is 1.18. The molecule has 0 unspecified atom stereocenters. The van der Waals surface area contributed by atoms with Crippen molar-refractivity contribution in [2.75, 3.05) is 4.90 Å². The van der Waals surface area contributed by atoms with Crippen LogP contribution in [0.25, 0.3) is 61.1 Å². The van der Waals surface area contributed by atoms with Gasteiger partial charge in [-0.15, -0.1) is 0 Å². The van der Waals surface area contributed by atoms with Crippen molar-refractivity contribution in [1.29, 1.82) is 0 Å². The van der Waals surface area contributed by atoms with Gasteiger partial charge in [0.1, 0.15) is 0 Å². The van der Waals surface area contributed by atoms with E-state index in [1.165, 1.54) is 16.3 Å². The maximum atomic E-state index is 9.21. The van der Waals surface area contributed by atoms with Crippen molar-refractivity contribution in [1.82, 2.24) is 4.57 Å². The fraction of sp³-hybridized carbons (Fsp3) is 0. The van der Waals surface area contributed by atoms with Crippen molar-refractivity contribution in [3.63, 3.8) is 0 Å². The zero-order chi connectivity index (χ0) is 33.6. The number of para-hydroxylation sites is 3. The molecule has 226 valence electrons. The minimum absolute atomic E-state index is 0.193. The molecular formula is C46H32N2. The summed E-state index contributed by atoms with van der Waals surface area (Å²) in [6.45, 7) is 0. The number of hydrogen-bond acceptors (Lipinski definition) is 1. The SMILES string of the molecule is [2H]/C(=C(/[2H])c1cc2ccccc2c2ccccc12)c1ccc(N(c2ccccc2)c2ccc3c(c2)c2ccccc2n3-c2ccccc2)cc1. The van der Waals surface area contributed by atoms with Crippen molar-refractivity contribution < 1.29 is 2.74 Å². The minimum Gasteiger partial charge on any atom is -0.310 e. The predicted octanol–water partition coefficient (Wildman–Crippen LogP) is 12.7. The van der Waals surface area contributed by atoms with E-state index in [0.717, 1.165) is 55.4 Å². The normalized spacial score (nSPS) is 12.7. The van der Waals surface area contributed by atoms with Crippen LogP contribution in [-0.4, -0.2) is 4.57 Å². The number of anilines is 3. The number of benzene rings is 8. The Morgan fingerprint density at radius 3 is 1.79 bits per heavy atom. The fourth-order valence-electron chi connectivity index (χ4n) is 6.97. The van der Waals surface area contributed by atoms with Crippen LogP contribution in [-0.2, 0) is 0 Å². The lowest BCUT2D eigenvalue weighted by Gasteiger charge is -2.25. The van der Waals surface area contributed by atoms with Crippen LogP contribution in [0.15, 0.2) is 182 Å². The van der Waals surface area contributed by atoms with Gasteiger partial charge in [0.05, 0.1) is 13.8 Å². The van der Waals surface area contributed by atoms with Gasteiger partial charge in [-0.2, -0.15) is 0 Å². The Morgan fingerprint density at radius 2 is 1.00 bits per heavy atom. The molecule has 9 rings (SSSR count). The molecule has 0 fully saturated rings. The van der Waals surface area contributed by atoms with Gasteiger partial charge < -0.3 is 9.47 Å². The molecule has 0 aliphatic carbocycles. The lowest BCUT2D eigenvalue weighted by atomic mass is 9.96. The van der Waals surface area contributed by atoms with Crippen molar-refractivity contribution >= 4 is 72.5 Å². The highest BCUT2D eigenvalue weighted by atomic mass is 15.1. The smallest absolute Gasteiger partial charge is 0.0629 e. The van der Waals surface area contributed by atoms with E-state index in [9.17, 15) is 1.37 Å². The van der Waals surface area contributed by atoms with E-state index in [-0.39, 0.29) is 12.1 Å². The second kappa shape index (κ2) is 11.8. The molecule has 0 aliphatic rings. The minimum atomic E-state index is 0.193. The Hall–Kier alpha value is -6.38. The summed E-state index contributed by atoms with van der Waals surface area (Å²) in [7, 11) is 0. The molecule has 0 amide bonds. The largest absolute Gasteiger partial charge is 0.310 e. The maximum absolute atomic E-state index is 9.21. The van der Waals surface area contributed by atoms with Gasteiger partial charge in [-0.1, -0.05) is 127 Å². The first-order chi connectivity index (χ1) is 24.7. The predicted molar refractivity (Wildman–Crippen MR) is 206 cm³/mol. The van der Waals surface area contributed by atoms with Crippen LogP contribution in [0.5, 0.6) is 0 Å². The topological polar surface area (TPSA) is 8.17 Å². The molecule has 0 bridgehead atoms. The van der Waals surface area contributed by atoms with Crippen molar-refractivity contribution in [3.05, 3.63) is 193 Å². The Bertz CT molecular complexity index is 2710. The van der Waals surface area contributed by atoms with Crippen molar-refractivity contribution in [2.45, 2.75) is 0 Å². The molecule has 9 aromatic rings. The molecule has 8 aromatic carbocycles. The second-order valence-electron chi connectivity index (χ2n) is 12.0. The van der Waals surface area contributed by atoms with Gasteiger partial charge in [0.15, 0.2) is 0 Å². The molecule has 1 aromatic heterocycles. The molecule has 0 N–H and O–H groups in total. The van der Waals surface area contributed by atoms with Gasteiger partial charge in [0, 0.05) is 33.5 Å². The van der Waals surface area contributed by atoms with Gasteiger partial charge in [0.2, 0.25) is 0 Å². The Kier molecular flexibility index (Phi) is 6.32. The van der Waals surface area contributed by atoms with E-state index < -0.39 is 0 Å². The standard InChI is InChI=1S/C46H32N2/c1-3-14-36(15-4-1)47(39-29-30-46-44(32-39)43-21-11-12-22-45(43)48(46)37-16-5-2-6-17-37)38-27-24-33(25-28-38)23-26-35-31-34-13-7-8-18-40(34)42-20-10-9-19-41(35)42/h1-32H/b26-23+/i23D,26D. The first-order valence-corrected chi connectivity index (χ1v) is 16.3. The monoisotopic (exact) mass is 614 g/mol. The van der Waals surface area contributed by atoms with Crippen LogP contribution < -0.4 is 4.90 Å². The summed E-state index contributed by atoms with van der Waals surface area (Å²) < 4.78 is 20.7.